The van der Waals surface area contributed by atoms with Crippen LogP contribution >= 0.6 is 15.9 Å². The molecule has 0 unspecified atom stereocenters. The van der Waals surface area contributed by atoms with Crippen molar-refractivity contribution in [2.24, 2.45) is 7.05 Å². The molecule has 10 nitrogen and oxygen atoms in total. The van der Waals surface area contributed by atoms with E-state index in [9.17, 15) is 14.9 Å². The Bertz CT molecular complexity index is 662. The Morgan fingerprint density at radius 1 is 1.63 bits per heavy atom. The average molecular weight is 331 g/mol. The van der Waals surface area contributed by atoms with E-state index >= 15 is 0 Å². The number of halogens is 1. The Morgan fingerprint density at radius 3 is 2.84 bits per heavy atom. The topological polar surface area (TPSA) is 129 Å². The van der Waals surface area contributed by atoms with Crippen LogP contribution in [0.15, 0.2) is 10.9 Å². The number of carboxylic acids is 1. The molecular formula is C8H7BrN6O4. The molecule has 2 aromatic rings. The third kappa shape index (κ3) is 2.45. The zero-order chi connectivity index (χ0) is 14.2. The van der Waals surface area contributed by atoms with Crippen molar-refractivity contribution in [2.75, 3.05) is 0 Å². The van der Waals surface area contributed by atoms with E-state index in [1.165, 1.54) is 15.6 Å². The van der Waals surface area contributed by atoms with Gasteiger partial charge in [-0.1, -0.05) is 0 Å². The fraction of sp³-hybridized carbons (Fsp3) is 0.250. The van der Waals surface area contributed by atoms with Crippen LogP contribution in [0, 0.1) is 10.1 Å². The van der Waals surface area contributed by atoms with Crippen LogP contribution in [-0.4, -0.2) is 40.5 Å². The van der Waals surface area contributed by atoms with Crippen LogP contribution in [0.5, 0.6) is 0 Å². The highest BCUT2D eigenvalue weighted by Gasteiger charge is 2.23. The molecule has 2 rings (SSSR count). The minimum atomic E-state index is -1.13. The Hall–Kier alpha value is -2.30. The number of hydrogen-bond acceptors (Lipinski definition) is 6. The summed E-state index contributed by atoms with van der Waals surface area (Å²) in [7, 11) is 1.57. The lowest BCUT2D eigenvalue weighted by Gasteiger charge is -2.01. The van der Waals surface area contributed by atoms with Gasteiger partial charge in [0.15, 0.2) is 0 Å². The molecule has 2 heterocycles. The third-order valence-corrected chi connectivity index (χ3v) is 2.96. The number of aromatic carboxylic acids is 1. The second-order valence-electron chi connectivity index (χ2n) is 3.53. The van der Waals surface area contributed by atoms with Crippen LogP contribution in [-0.2, 0) is 13.6 Å². The van der Waals surface area contributed by atoms with Gasteiger partial charge in [-0.3, -0.25) is 4.68 Å². The quantitative estimate of drug-likeness (QED) is 0.635. The minimum Gasteiger partial charge on any atom is -0.478 e. The molecule has 0 aliphatic rings. The molecule has 0 amide bonds. The summed E-state index contributed by atoms with van der Waals surface area (Å²) in [5, 5.41) is 27.0. The highest BCUT2D eigenvalue weighted by atomic mass is 79.9. The number of aryl methyl sites for hydroxylation is 1. The molecule has 100 valence electrons. The lowest BCUT2D eigenvalue weighted by molar-refractivity contribution is -0.394. The molecule has 0 saturated heterocycles. The summed E-state index contributed by atoms with van der Waals surface area (Å²) >= 11 is 3.03. The molecule has 11 heteroatoms. The van der Waals surface area contributed by atoms with E-state index in [0.717, 1.165) is 0 Å². The molecule has 0 radical (unpaired) electrons. The number of carboxylic acid groups (broad SMARTS) is 1. The van der Waals surface area contributed by atoms with E-state index in [0.29, 0.717) is 5.69 Å². The standard InChI is InChI=1S/C8H7BrN6O4/c1-13-5(4(2-10-13)6(16)17)3-14-7(9)11-8(12-14)15(18)19/h2H,3H2,1H3,(H,16,17). The molecule has 0 bridgehead atoms. The summed E-state index contributed by atoms with van der Waals surface area (Å²) in [6, 6.07) is 0. The van der Waals surface area contributed by atoms with Crippen molar-refractivity contribution < 1.29 is 14.8 Å². The van der Waals surface area contributed by atoms with E-state index < -0.39 is 16.8 Å². The lowest BCUT2D eigenvalue weighted by Crippen LogP contribution is -2.11. The minimum absolute atomic E-state index is 0.000440. The summed E-state index contributed by atoms with van der Waals surface area (Å²) in [5.74, 6) is -1.69. The molecule has 1 N–H and O–H groups in total. The van der Waals surface area contributed by atoms with Crippen LogP contribution in [0.1, 0.15) is 16.1 Å². The summed E-state index contributed by atoms with van der Waals surface area (Å²) in [5.41, 5.74) is 0.362. The molecule has 2 aromatic heterocycles. The summed E-state index contributed by atoms with van der Waals surface area (Å²) in [4.78, 5) is 24.4. The highest BCUT2D eigenvalue weighted by molar-refractivity contribution is 9.10. The van der Waals surface area contributed by atoms with E-state index in [2.05, 4.69) is 31.1 Å². The second-order valence-corrected chi connectivity index (χ2v) is 4.24. The fourth-order valence-electron chi connectivity index (χ4n) is 1.46. The smallest absolute Gasteiger partial charge is 0.478 e. The van der Waals surface area contributed by atoms with Gasteiger partial charge in [0, 0.05) is 28.1 Å². The van der Waals surface area contributed by atoms with E-state index in [-0.39, 0.29) is 16.8 Å². The summed E-state index contributed by atoms with van der Waals surface area (Å²) in [6.45, 7) is -0.000440. The number of nitro groups is 1. The first-order chi connectivity index (χ1) is 8.90. The van der Waals surface area contributed by atoms with Crippen LogP contribution in [0.4, 0.5) is 5.95 Å². The second kappa shape index (κ2) is 4.76. The molecule has 0 aromatic carbocycles. The first kappa shape index (κ1) is 13.1. The van der Waals surface area contributed by atoms with Crippen LogP contribution in [0.2, 0.25) is 0 Å². The molecular weight excluding hydrogens is 324 g/mol. The average Bonchev–Trinajstić information content (AvgIpc) is 2.85. The van der Waals surface area contributed by atoms with Gasteiger partial charge in [-0.2, -0.15) is 9.78 Å². The maximum absolute atomic E-state index is 11.0. The normalized spacial score (nSPS) is 10.6. The van der Waals surface area contributed by atoms with Crippen molar-refractivity contribution in [2.45, 2.75) is 6.54 Å². The molecule has 19 heavy (non-hydrogen) atoms. The molecule has 0 saturated carbocycles. The van der Waals surface area contributed by atoms with Crippen LogP contribution < -0.4 is 0 Å². The molecule has 0 atom stereocenters. The van der Waals surface area contributed by atoms with Gasteiger partial charge < -0.3 is 15.2 Å². The molecule has 0 spiro atoms. The number of nitrogens with zero attached hydrogens (tertiary/aromatic N) is 6. The maximum Gasteiger partial charge on any atom is 0.492 e. The van der Waals surface area contributed by atoms with Gasteiger partial charge in [0.25, 0.3) is 4.73 Å². The SMILES string of the molecule is Cn1ncc(C(=O)O)c1Cn1nc([N+](=O)[O-])nc1Br. The molecule has 0 fully saturated rings. The van der Waals surface area contributed by atoms with Crippen LogP contribution in [0.25, 0.3) is 0 Å². The van der Waals surface area contributed by atoms with Gasteiger partial charge >= 0.3 is 11.9 Å². The number of carbonyl (C=O) groups is 1. The molecule has 0 aliphatic carbocycles. The van der Waals surface area contributed by atoms with Gasteiger partial charge in [-0.15, -0.1) is 0 Å². The summed E-state index contributed by atoms with van der Waals surface area (Å²) < 4.78 is 2.68. The largest absolute Gasteiger partial charge is 0.492 e. The maximum atomic E-state index is 11.0. The Labute approximate surface area is 113 Å². The van der Waals surface area contributed by atoms with E-state index in [4.69, 9.17) is 5.11 Å². The fourth-order valence-corrected chi connectivity index (χ4v) is 1.82. The van der Waals surface area contributed by atoms with Gasteiger partial charge in [0.05, 0.1) is 11.9 Å². The van der Waals surface area contributed by atoms with Crippen molar-refractivity contribution in [3.8, 4) is 0 Å². The highest BCUT2D eigenvalue weighted by Crippen LogP contribution is 2.16. The first-order valence-corrected chi connectivity index (χ1v) is 5.68. The van der Waals surface area contributed by atoms with Crippen molar-refractivity contribution in [1.82, 2.24) is 24.5 Å². The van der Waals surface area contributed by atoms with Crippen molar-refractivity contribution >= 4 is 27.8 Å². The van der Waals surface area contributed by atoms with Gasteiger partial charge in [-0.05, 0) is 9.91 Å². The zero-order valence-corrected chi connectivity index (χ0v) is 11.1. The Morgan fingerprint density at radius 2 is 2.32 bits per heavy atom. The lowest BCUT2D eigenvalue weighted by atomic mass is 10.2. The van der Waals surface area contributed by atoms with Crippen molar-refractivity contribution in [1.29, 1.82) is 0 Å². The number of hydrogen-bond donors (Lipinski definition) is 1. The zero-order valence-electron chi connectivity index (χ0n) is 9.52. The molecule has 0 aliphatic heterocycles. The first-order valence-electron chi connectivity index (χ1n) is 4.89. The van der Waals surface area contributed by atoms with E-state index in [1.54, 1.807) is 7.05 Å². The number of aromatic nitrogens is 5. The predicted octanol–water partition coefficient (Wildman–Crippen LogP) is 0.429. The van der Waals surface area contributed by atoms with Crippen molar-refractivity contribution in [3.63, 3.8) is 0 Å². The van der Waals surface area contributed by atoms with Gasteiger partial charge in [0.1, 0.15) is 12.1 Å². The Balaban J connectivity index is 2.39. The van der Waals surface area contributed by atoms with Crippen molar-refractivity contribution in [3.05, 3.63) is 32.3 Å². The number of rotatable bonds is 4. The third-order valence-electron chi connectivity index (χ3n) is 2.37. The predicted molar refractivity (Wildman–Crippen MR) is 63.6 cm³/mol. The van der Waals surface area contributed by atoms with Gasteiger partial charge in [-0.25, -0.2) is 4.79 Å². The van der Waals surface area contributed by atoms with Crippen LogP contribution in [0.3, 0.4) is 0 Å². The van der Waals surface area contributed by atoms with Gasteiger partial charge in [0.2, 0.25) is 0 Å². The summed E-state index contributed by atoms with van der Waals surface area (Å²) in [6.07, 6.45) is 1.21. The Kier molecular flexibility index (Phi) is 3.29. The monoisotopic (exact) mass is 330 g/mol. The van der Waals surface area contributed by atoms with E-state index in [1.807, 2.05) is 0 Å².